The van der Waals surface area contributed by atoms with Crippen LogP contribution in [0.3, 0.4) is 0 Å². The molecule has 1 atom stereocenters. The van der Waals surface area contributed by atoms with Gasteiger partial charge in [0.15, 0.2) is 0 Å². The van der Waals surface area contributed by atoms with Crippen molar-refractivity contribution in [1.29, 1.82) is 0 Å². The molecule has 0 aliphatic heterocycles. The molecular weight excluding hydrogens is 302 g/mol. The molecule has 2 nitrogen and oxygen atoms in total. The molecular formula is C16H24BrNO. The second-order valence-electron chi connectivity index (χ2n) is 5.70. The first kappa shape index (κ1) is 14.9. The van der Waals surface area contributed by atoms with Crippen molar-refractivity contribution in [3.8, 4) is 5.75 Å². The van der Waals surface area contributed by atoms with Crippen LogP contribution in [-0.2, 0) is 0 Å². The molecule has 19 heavy (non-hydrogen) atoms. The van der Waals surface area contributed by atoms with Crippen LogP contribution in [0.1, 0.15) is 51.1 Å². The average Bonchev–Trinajstić information content (AvgIpc) is 2.81. The minimum Gasteiger partial charge on any atom is -0.494 e. The predicted octanol–water partition coefficient (Wildman–Crippen LogP) is 4.69. The van der Waals surface area contributed by atoms with Crippen LogP contribution >= 0.6 is 15.9 Å². The Hall–Kier alpha value is -0.540. The Morgan fingerprint density at radius 3 is 2.58 bits per heavy atom. The molecule has 2 rings (SSSR count). The Kier molecular flexibility index (Phi) is 4.91. The van der Waals surface area contributed by atoms with Gasteiger partial charge in [-0.15, -0.1) is 0 Å². The Balaban J connectivity index is 2.28. The number of benzene rings is 1. The fraction of sp³-hybridized carbons (Fsp3) is 0.625. The fourth-order valence-electron chi connectivity index (χ4n) is 3.35. The fourth-order valence-corrected chi connectivity index (χ4v) is 3.94. The highest BCUT2D eigenvalue weighted by Gasteiger charge is 2.37. The van der Waals surface area contributed by atoms with Gasteiger partial charge < -0.3 is 10.1 Å². The second kappa shape index (κ2) is 6.27. The zero-order chi connectivity index (χ0) is 13.9. The molecule has 0 saturated heterocycles. The van der Waals surface area contributed by atoms with E-state index in [4.69, 9.17) is 4.74 Å². The first-order valence-electron chi connectivity index (χ1n) is 7.20. The smallest absolute Gasteiger partial charge is 0.120 e. The highest BCUT2D eigenvalue weighted by Crippen LogP contribution is 2.48. The van der Waals surface area contributed by atoms with Crippen LogP contribution in [0.2, 0.25) is 0 Å². The van der Waals surface area contributed by atoms with E-state index in [1.165, 1.54) is 31.2 Å². The van der Waals surface area contributed by atoms with Crippen LogP contribution < -0.4 is 10.1 Å². The summed E-state index contributed by atoms with van der Waals surface area (Å²) in [4.78, 5) is 0. The van der Waals surface area contributed by atoms with Gasteiger partial charge in [0.05, 0.1) is 6.61 Å². The van der Waals surface area contributed by atoms with Gasteiger partial charge in [0, 0.05) is 10.5 Å². The highest BCUT2D eigenvalue weighted by atomic mass is 79.9. The van der Waals surface area contributed by atoms with Gasteiger partial charge in [0.25, 0.3) is 0 Å². The van der Waals surface area contributed by atoms with Gasteiger partial charge in [-0.25, -0.2) is 0 Å². The molecule has 1 unspecified atom stereocenters. The predicted molar refractivity (Wildman–Crippen MR) is 83.7 cm³/mol. The molecule has 1 fully saturated rings. The maximum atomic E-state index is 5.56. The molecule has 0 radical (unpaired) electrons. The zero-order valence-electron chi connectivity index (χ0n) is 12.1. The van der Waals surface area contributed by atoms with Gasteiger partial charge in [-0.2, -0.15) is 0 Å². The van der Waals surface area contributed by atoms with E-state index in [1.807, 2.05) is 6.92 Å². The van der Waals surface area contributed by atoms with E-state index in [1.54, 1.807) is 0 Å². The lowest BCUT2D eigenvalue weighted by Gasteiger charge is -2.35. The third-order valence-electron chi connectivity index (χ3n) is 4.33. The molecule has 106 valence electrons. The van der Waals surface area contributed by atoms with Crippen LogP contribution in [0.25, 0.3) is 0 Å². The monoisotopic (exact) mass is 325 g/mol. The van der Waals surface area contributed by atoms with Crippen molar-refractivity contribution >= 4 is 15.9 Å². The van der Waals surface area contributed by atoms with Crippen LogP contribution in [0.4, 0.5) is 0 Å². The number of hydrogen-bond acceptors (Lipinski definition) is 2. The molecule has 0 aromatic heterocycles. The van der Waals surface area contributed by atoms with Crippen molar-refractivity contribution in [2.75, 3.05) is 13.7 Å². The van der Waals surface area contributed by atoms with Crippen molar-refractivity contribution in [3.63, 3.8) is 0 Å². The summed E-state index contributed by atoms with van der Waals surface area (Å²) in [6.45, 7) is 5.13. The Bertz CT molecular complexity index is 427. The van der Waals surface area contributed by atoms with Gasteiger partial charge in [-0.05, 0) is 49.9 Å². The van der Waals surface area contributed by atoms with Crippen LogP contribution in [0.5, 0.6) is 5.75 Å². The van der Waals surface area contributed by atoms with Crippen molar-refractivity contribution in [3.05, 3.63) is 28.2 Å². The molecule has 1 saturated carbocycles. The summed E-state index contributed by atoms with van der Waals surface area (Å²) >= 11 is 3.71. The zero-order valence-corrected chi connectivity index (χ0v) is 13.7. The lowest BCUT2D eigenvalue weighted by molar-refractivity contribution is 0.233. The van der Waals surface area contributed by atoms with Crippen molar-refractivity contribution in [1.82, 2.24) is 5.32 Å². The van der Waals surface area contributed by atoms with Crippen molar-refractivity contribution in [2.24, 2.45) is 5.41 Å². The maximum Gasteiger partial charge on any atom is 0.120 e. The van der Waals surface area contributed by atoms with Gasteiger partial charge in [-0.1, -0.05) is 41.8 Å². The molecule has 3 heteroatoms. The summed E-state index contributed by atoms with van der Waals surface area (Å²) in [5.74, 6) is 0.935. The third kappa shape index (κ3) is 3.14. The van der Waals surface area contributed by atoms with Gasteiger partial charge in [-0.3, -0.25) is 0 Å². The van der Waals surface area contributed by atoms with Gasteiger partial charge in [0.1, 0.15) is 5.75 Å². The normalized spacial score (nSPS) is 19.4. The summed E-state index contributed by atoms with van der Waals surface area (Å²) in [7, 11) is 2.07. The quantitative estimate of drug-likeness (QED) is 0.848. The van der Waals surface area contributed by atoms with E-state index in [0.717, 1.165) is 10.2 Å². The minimum absolute atomic E-state index is 0.365. The molecule has 0 bridgehead atoms. The molecule has 0 heterocycles. The van der Waals surface area contributed by atoms with Crippen molar-refractivity contribution in [2.45, 2.75) is 45.6 Å². The number of ether oxygens (including phenoxy) is 1. The van der Waals surface area contributed by atoms with E-state index < -0.39 is 0 Å². The van der Waals surface area contributed by atoms with E-state index in [-0.39, 0.29) is 0 Å². The van der Waals surface area contributed by atoms with Crippen LogP contribution in [0, 0.1) is 5.41 Å². The molecule has 1 aliphatic rings. The molecule has 1 aromatic rings. The summed E-state index contributed by atoms with van der Waals surface area (Å²) in [5.41, 5.74) is 1.71. The number of rotatable bonds is 5. The maximum absolute atomic E-state index is 5.56. The summed E-state index contributed by atoms with van der Waals surface area (Å²) in [6.07, 6.45) is 5.31. The molecule has 0 amide bonds. The van der Waals surface area contributed by atoms with Crippen LogP contribution in [0.15, 0.2) is 22.7 Å². The lowest BCUT2D eigenvalue weighted by atomic mass is 9.77. The summed E-state index contributed by atoms with van der Waals surface area (Å²) in [5, 5.41) is 3.52. The van der Waals surface area contributed by atoms with Gasteiger partial charge in [0.2, 0.25) is 0 Å². The standard InChI is InChI=1S/C16H24BrNO/c1-4-19-12-7-8-13(14(17)11-12)15(18-3)16(2)9-5-6-10-16/h7-8,11,15,18H,4-6,9-10H2,1-3H3. The largest absolute Gasteiger partial charge is 0.494 e. The van der Waals surface area contributed by atoms with E-state index in [0.29, 0.717) is 18.1 Å². The van der Waals surface area contributed by atoms with E-state index in [2.05, 4.69) is 53.4 Å². The summed E-state index contributed by atoms with van der Waals surface area (Å²) < 4.78 is 6.70. The van der Waals surface area contributed by atoms with Gasteiger partial charge >= 0.3 is 0 Å². The molecule has 0 spiro atoms. The third-order valence-corrected chi connectivity index (χ3v) is 5.01. The summed E-state index contributed by atoms with van der Waals surface area (Å²) in [6, 6.07) is 6.76. The Morgan fingerprint density at radius 1 is 1.37 bits per heavy atom. The number of nitrogens with one attached hydrogen (secondary N) is 1. The first-order chi connectivity index (χ1) is 9.10. The second-order valence-corrected chi connectivity index (χ2v) is 6.55. The average molecular weight is 326 g/mol. The number of hydrogen-bond donors (Lipinski definition) is 1. The molecule has 1 N–H and O–H groups in total. The van der Waals surface area contributed by atoms with Crippen molar-refractivity contribution < 1.29 is 4.74 Å². The van der Waals surface area contributed by atoms with E-state index >= 15 is 0 Å². The minimum atomic E-state index is 0.365. The van der Waals surface area contributed by atoms with Crippen LogP contribution in [-0.4, -0.2) is 13.7 Å². The Labute approximate surface area is 125 Å². The number of halogens is 1. The molecule has 1 aromatic carbocycles. The lowest BCUT2D eigenvalue weighted by Crippen LogP contribution is -2.32. The SMILES string of the molecule is CCOc1ccc(C(NC)C2(C)CCCC2)c(Br)c1. The highest BCUT2D eigenvalue weighted by molar-refractivity contribution is 9.10. The van der Waals surface area contributed by atoms with E-state index in [9.17, 15) is 0 Å². The first-order valence-corrected chi connectivity index (χ1v) is 7.99. The Morgan fingerprint density at radius 2 is 2.05 bits per heavy atom. The molecule has 1 aliphatic carbocycles. The topological polar surface area (TPSA) is 21.3 Å².